The van der Waals surface area contributed by atoms with E-state index in [1.165, 1.54) is 55.4 Å². The van der Waals surface area contributed by atoms with Gasteiger partial charge >= 0.3 is 0 Å². The molecule has 1 aromatic heterocycles. The van der Waals surface area contributed by atoms with Gasteiger partial charge in [-0.25, -0.2) is 0 Å². The van der Waals surface area contributed by atoms with Crippen LogP contribution in [0.25, 0.3) is 0 Å². The molecule has 3 fully saturated rings. The lowest BCUT2D eigenvalue weighted by Gasteiger charge is -2.67. The van der Waals surface area contributed by atoms with E-state index in [1.54, 1.807) is 0 Å². The Labute approximate surface area is 148 Å². The van der Waals surface area contributed by atoms with Crippen molar-refractivity contribution >= 4 is 22.2 Å². The summed E-state index contributed by atoms with van der Waals surface area (Å²) in [6.45, 7) is 6.54. The SMILES string of the molecule is CC1(C)C2CCCC1(CN1CNc3sc4c(c3C1=O)CCCC4)C2. The van der Waals surface area contributed by atoms with Gasteiger partial charge in [0.1, 0.15) is 5.00 Å². The molecule has 2 atom stereocenters. The molecule has 2 bridgehead atoms. The van der Waals surface area contributed by atoms with E-state index < -0.39 is 0 Å². The number of carbonyl (C=O) groups excluding carboxylic acids is 1. The first-order valence-electron chi connectivity index (χ1n) is 9.69. The highest BCUT2D eigenvalue weighted by Gasteiger charge is 2.61. The van der Waals surface area contributed by atoms with Crippen LogP contribution in [-0.4, -0.2) is 24.0 Å². The molecule has 2 heterocycles. The number of nitrogens with zero attached hydrogens (tertiary/aromatic N) is 1. The Balaban J connectivity index is 1.43. The van der Waals surface area contributed by atoms with E-state index in [1.807, 2.05) is 11.3 Å². The van der Waals surface area contributed by atoms with Crippen molar-refractivity contribution in [3.63, 3.8) is 0 Å². The average Bonchev–Trinajstić information content (AvgIpc) is 2.97. The van der Waals surface area contributed by atoms with Gasteiger partial charge in [-0.3, -0.25) is 4.79 Å². The minimum Gasteiger partial charge on any atom is -0.359 e. The number of amides is 1. The van der Waals surface area contributed by atoms with Gasteiger partial charge < -0.3 is 10.2 Å². The zero-order valence-electron chi connectivity index (χ0n) is 14.9. The van der Waals surface area contributed by atoms with Gasteiger partial charge in [-0.1, -0.05) is 20.3 Å². The fraction of sp³-hybridized carbons (Fsp3) is 0.750. The third-order valence-electron chi connectivity index (χ3n) is 7.83. The van der Waals surface area contributed by atoms with E-state index in [0.717, 1.165) is 29.4 Å². The summed E-state index contributed by atoms with van der Waals surface area (Å²) in [5.74, 6) is 1.19. The number of carbonyl (C=O) groups is 1. The number of nitrogens with one attached hydrogen (secondary N) is 1. The van der Waals surface area contributed by atoms with Gasteiger partial charge in [-0.15, -0.1) is 11.3 Å². The van der Waals surface area contributed by atoms with Crippen LogP contribution in [0, 0.1) is 16.7 Å². The maximum Gasteiger partial charge on any atom is 0.258 e. The molecule has 24 heavy (non-hydrogen) atoms. The maximum atomic E-state index is 13.3. The zero-order chi connectivity index (χ0) is 16.5. The highest BCUT2D eigenvalue weighted by atomic mass is 32.1. The van der Waals surface area contributed by atoms with E-state index >= 15 is 0 Å². The van der Waals surface area contributed by atoms with Crippen molar-refractivity contribution in [1.82, 2.24) is 4.90 Å². The molecule has 3 saturated carbocycles. The van der Waals surface area contributed by atoms with Gasteiger partial charge in [0.15, 0.2) is 0 Å². The lowest BCUT2D eigenvalue weighted by atomic mass is 9.39. The van der Waals surface area contributed by atoms with Crippen molar-refractivity contribution in [3.8, 4) is 0 Å². The molecule has 3 nitrogen and oxygen atoms in total. The molecule has 5 aliphatic rings. The summed E-state index contributed by atoms with van der Waals surface area (Å²) in [4.78, 5) is 16.9. The van der Waals surface area contributed by atoms with Gasteiger partial charge in [0.05, 0.1) is 12.2 Å². The first-order valence-corrected chi connectivity index (χ1v) is 10.5. The van der Waals surface area contributed by atoms with Crippen LogP contribution in [0.4, 0.5) is 5.00 Å². The Bertz CT molecular complexity index is 703. The van der Waals surface area contributed by atoms with E-state index in [4.69, 9.17) is 0 Å². The summed E-state index contributed by atoms with van der Waals surface area (Å²) in [5, 5.41) is 4.72. The lowest BCUT2D eigenvalue weighted by molar-refractivity contribution is -0.168. The van der Waals surface area contributed by atoms with Gasteiger partial charge in [-0.05, 0) is 67.3 Å². The van der Waals surface area contributed by atoms with E-state index in [-0.39, 0.29) is 0 Å². The van der Waals surface area contributed by atoms with Crippen LogP contribution in [0.3, 0.4) is 0 Å². The van der Waals surface area contributed by atoms with Crippen LogP contribution in [0.15, 0.2) is 0 Å². The molecule has 1 aromatic rings. The molecule has 130 valence electrons. The average molecular weight is 345 g/mol. The summed E-state index contributed by atoms with van der Waals surface area (Å²) in [6.07, 6.45) is 10.2. The number of thiophene rings is 1. The Morgan fingerprint density at radius 3 is 2.88 bits per heavy atom. The number of aryl methyl sites for hydroxylation is 1. The van der Waals surface area contributed by atoms with Crippen LogP contribution >= 0.6 is 11.3 Å². The molecule has 0 aromatic carbocycles. The molecule has 2 unspecified atom stereocenters. The van der Waals surface area contributed by atoms with Gasteiger partial charge in [0.25, 0.3) is 5.91 Å². The first-order chi connectivity index (χ1) is 11.5. The Hall–Kier alpha value is -1.03. The molecule has 4 aliphatic carbocycles. The summed E-state index contributed by atoms with van der Waals surface area (Å²) >= 11 is 1.84. The van der Waals surface area contributed by atoms with Crippen molar-refractivity contribution in [2.24, 2.45) is 16.7 Å². The van der Waals surface area contributed by atoms with Gasteiger partial charge in [0, 0.05) is 11.4 Å². The van der Waals surface area contributed by atoms with Crippen molar-refractivity contribution in [2.75, 3.05) is 18.5 Å². The first kappa shape index (κ1) is 15.2. The largest absolute Gasteiger partial charge is 0.359 e. The van der Waals surface area contributed by atoms with E-state index in [2.05, 4.69) is 24.1 Å². The Morgan fingerprint density at radius 1 is 1.25 bits per heavy atom. The molecule has 1 aliphatic heterocycles. The smallest absolute Gasteiger partial charge is 0.258 e. The fourth-order valence-electron chi connectivity index (χ4n) is 6.02. The predicted molar refractivity (Wildman–Crippen MR) is 98.7 cm³/mol. The molecule has 1 amide bonds. The summed E-state index contributed by atoms with van der Waals surface area (Å²) in [7, 11) is 0. The number of hydrogen-bond donors (Lipinski definition) is 1. The van der Waals surface area contributed by atoms with Crippen molar-refractivity contribution < 1.29 is 4.79 Å². The fourth-order valence-corrected chi connectivity index (χ4v) is 7.29. The molecule has 0 spiro atoms. The maximum absolute atomic E-state index is 13.3. The number of anilines is 1. The Kier molecular flexibility index (Phi) is 3.17. The third kappa shape index (κ3) is 1.86. The second kappa shape index (κ2) is 5.00. The highest BCUT2D eigenvalue weighted by Crippen LogP contribution is 2.68. The second-order valence-corrected chi connectivity index (χ2v) is 10.2. The molecular formula is C20H28N2OS. The monoisotopic (exact) mass is 344 g/mol. The zero-order valence-corrected chi connectivity index (χ0v) is 15.7. The minimum atomic E-state index is 0.308. The predicted octanol–water partition coefficient (Wildman–Crippen LogP) is 4.67. The van der Waals surface area contributed by atoms with E-state index in [9.17, 15) is 4.79 Å². The minimum absolute atomic E-state index is 0.308. The molecule has 0 radical (unpaired) electrons. The van der Waals surface area contributed by atoms with E-state index in [0.29, 0.717) is 23.4 Å². The highest BCUT2D eigenvalue weighted by molar-refractivity contribution is 7.16. The Morgan fingerprint density at radius 2 is 2.08 bits per heavy atom. The summed E-state index contributed by atoms with van der Waals surface area (Å²) < 4.78 is 0. The quantitative estimate of drug-likeness (QED) is 0.845. The third-order valence-corrected chi connectivity index (χ3v) is 9.08. The standard InChI is InChI=1S/C20H28N2OS/c1-19(2)13-6-5-9-20(19,10-13)11-22-12-21-17-16(18(22)23)14-7-3-4-8-15(14)24-17/h13,21H,3-12H2,1-2H3. The van der Waals surface area contributed by atoms with Gasteiger partial charge in [-0.2, -0.15) is 0 Å². The van der Waals surface area contributed by atoms with Crippen LogP contribution < -0.4 is 5.32 Å². The van der Waals surface area contributed by atoms with Crippen molar-refractivity contribution in [2.45, 2.75) is 65.2 Å². The second-order valence-electron chi connectivity index (χ2n) is 9.05. The van der Waals surface area contributed by atoms with Crippen LogP contribution in [0.1, 0.15) is 73.2 Å². The van der Waals surface area contributed by atoms with Crippen molar-refractivity contribution in [3.05, 3.63) is 16.0 Å². The van der Waals surface area contributed by atoms with Crippen LogP contribution in [0.2, 0.25) is 0 Å². The normalized spacial score (nSPS) is 33.3. The number of hydrogen-bond acceptors (Lipinski definition) is 3. The molecule has 1 N–H and O–H groups in total. The molecule has 0 saturated heterocycles. The van der Waals surface area contributed by atoms with Crippen LogP contribution in [0.5, 0.6) is 0 Å². The lowest BCUT2D eigenvalue weighted by Crippen LogP contribution is -2.63. The number of rotatable bonds is 2. The summed E-state index contributed by atoms with van der Waals surface area (Å²) in [5.41, 5.74) is 3.16. The topological polar surface area (TPSA) is 32.3 Å². The summed E-state index contributed by atoms with van der Waals surface area (Å²) in [6, 6.07) is 0. The molecular weight excluding hydrogens is 316 g/mol. The number of fused-ring (bicyclic) bond motifs is 5. The van der Waals surface area contributed by atoms with Crippen molar-refractivity contribution in [1.29, 1.82) is 0 Å². The van der Waals surface area contributed by atoms with Gasteiger partial charge in [0.2, 0.25) is 0 Å². The van der Waals surface area contributed by atoms with Crippen LogP contribution in [-0.2, 0) is 12.8 Å². The molecule has 4 heteroatoms. The molecule has 6 rings (SSSR count).